The number of nitrogens with zero attached hydrogens (tertiary/aromatic N) is 1. The van der Waals surface area contributed by atoms with Gasteiger partial charge in [-0.2, -0.15) is 0 Å². The maximum Gasteiger partial charge on any atom is 0.326 e. The topological polar surface area (TPSA) is 113 Å². The van der Waals surface area contributed by atoms with E-state index in [2.05, 4.69) is 4.72 Å². The van der Waals surface area contributed by atoms with E-state index >= 15 is 0 Å². The molecule has 9 heteroatoms. The van der Waals surface area contributed by atoms with Crippen molar-refractivity contribution in [3.05, 3.63) is 23.8 Å². The number of sulfonamides is 1. The van der Waals surface area contributed by atoms with Gasteiger partial charge in [0.1, 0.15) is 16.7 Å². The molecule has 2 aliphatic carbocycles. The number of carboxylic acids is 1. The standard InChI is InChI=1S/C17H22N2O6S/c1-10(17(21)22)19(13-6-7-13)16(20)11-3-8-14(25-2)15(9-11)26(23,24)18-12-4-5-12/h3,8-10,12-13,18H,4-7H2,1-2H3,(H,21,22). The number of hydrogen-bond acceptors (Lipinski definition) is 5. The Bertz CT molecular complexity index is 830. The molecule has 2 aliphatic rings. The van der Waals surface area contributed by atoms with Gasteiger partial charge in [0, 0.05) is 17.6 Å². The molecule has 142 valence electrons. The van der Waals surface area contributed by atoms with Crippen molar-refractivity contribution in [1.82, 2.24) is 9.62 Å². The number of carboxylic acid groups (broad SMARTS) is 1. The van der Waals surface area contributed by atoms with Gasteiger partial charge in [-0.3, -0.25) is 4.79 Å². The first-order chi connectivity index (χ1) is 12.2. The molecule has 0 radical (unpaired) electrons. The lowest BCUT2D eigenvalue weighted by Gasteiger charge is -2.26. The maximum absolute atomic E-state index is 12.9. The van der Waals surface area contributed by atoms with E-state index in [1.165, 1.54) is 37.1 Å². The number of carbonyl (C=O) groups is 2. The van der Waals surface area contributed by atoms with Gasteiger partial charge in [-0.05, 0) is 50.8 Å². The molecular formula is C17H22N2O6S. The summed E-state index contributed by atoms with van der Waals surface area (Å²) in [5, 5.41) is 9.28. The van der Waals surface area contributed by atoms with Crippen LogP contribution in [0.3, 0.4) is 0 Å². The van der Waals surface area contributed by atoms with Gasteiger partial charge in [0.05, 0.1) is 7.11 Å². The van der Waals surface area contributed by atoms with Gasteiger partial charge in [0.25, 0.3) is 5.91 Å². The summed E-state index contributed by atoms with van der Waals surface area (Å²) in [7, 11) is -2.47. The van der Waals surface area contributed by atoms with E-state index in [-0.39, 0.29) is 28.3 Å². The molecule has 0 heterocycles. The van der Waals surface area contributed by atoms with Crippen molar-refractivity contribution in [1.29, 1.82) is 0 Å². The van der Waals surface area contributed by atoms with Crippen LogP contribution in [0.2, 0.25) is 0 Å². The number of methoxy groups -OCH3 is 1. The number of amides is 1. The Morgan fingerprint density at radius 2 is 1.92 bits per heavy atom. The monoisotopic (exact) mass is 382 g/mol. The lowest BCUT2D eigenvalue weighted by atomic mass is 10.1. The van der Waals surface area contributed by atoms with E-state index in [1.807, 2.05) is 0 Å². The Morgan fingerprint density at radius 1 is 1.27 bits per heavy atom. The minimum atomic E-state index is -3.82. The Kier molecular flexibility index (Phi) is 4.94. The molecule has 0 bridgehead atoms. The normalized spacial score (nSPS) is 18.2. The average Bonchev–Trinajstić information content (AvgIpc) is 3.50. The van der Waals surface area contributed by atoms with Crippen molar-refractivity contribution >= 4 is 21.9 Å². The fourth-order valence-electron chi connectivity index (χ4n) is 2.78. The molecule has 1 aromatic carbocycles. The summed E-state index contributed by atoms with van der Waals surface area (Å²) < 4.78 is 32.9. The fourth-order valence-corrected chi connectivity index (χ4v) is 4.28. The molecule has 1 unspecified atom stereocenters. The number of nitrogens with one attached hydrogen (secondary N) is 1. The summed E-state index contributed by atoms with van der Waals surface area (Å²) >= 11 is 0. The third kappa shape index (κ3) is 3.83. The van der Waals surface area contributed by atoms with E-state index in [1.54, 1.807) is 0 Å². The molecule has 1 amide bonds. The van der Waals surface area contributed by atoms with Gasteiger partial charge in [0.2, 0.25) is 10.0 Å². The average molecular weight is 382 g/mol. The highest BCUT2D eigenvalue weighted by molar-refractivity contribution is 7.89. The molecule has 2 saturated carbocycles. The third-order valence-corrected chi connectivity index (χ3v) is 6.09. The summed E-state index contributed by atoms with van der Waals surface area (Å²) in [6, 6.07) is 2.95. The van der Waals surface area contributed by atoms with Crippen LogP contribution >= 0.6 is 0 Å². The number of rotatable bonds is 8. The smallest absolute Gasteiger partial charge is 0.326 e. The largest absolute Gasteiger partial charge is 0.495 e. The van der Waals surface area contributed by atoms with E-state index in [0.29, 0.717) is 0 Å². The second kappa shape index (κ2) is 6.88. The molecule has 0 aliphatic heterocycles. The highest BCUT2D eigenvalue weighted by Gasteiger charge is 2.39. The molecule has 0 spiro atoms. The van der Waals surface area contributed by atoms with Crippen LogP contribution in [0, 0.1) is 0 Å². The molecule has 1 aromatic rings. The highest BCUT2D eigenvalue weighted by Crippen LogP contribution is 2.32. The highest BCUT2D eigenvalue weighted by atomic mass is 32.2. The van der Waals surface area contributed by atoms with Crippen LogP contribution in [0.25, 0.3) is 0 Å². The van der Waals surface area contributed by atoms with Gasteiger partial charge in [-0.1, -0.05) is 0 Å². The van der Waals surface area contributed by atoms with Crippen molar-refractivity contribution in [2.45, 2.75) is 55.6 Å². The van der Waals surface area contributed by atoms with Crippen LogP contribution in [0.5, 0.6) is 5.75 Å². The van der Waals surface area contributed by atoms with Gasteiger partial charge in [-0.15, -0.1) is 0 Å². The first-order valence-electron chi connectivity index (χ1n) is 8.50. The van der Waals surface area contributed by atoms with Crippen LogP contribution in [-0.2, 0) is 14.8 Å². The number of benzene rings is 1. The lowest BCUT2D eigenvalue weighted by molar-refractivity contribution is -0.141. The third-order valence-electron chi connectivity index (χ3n) is 4.55. The van der Waals surface area contributed by atoms with E-state index in [9.17, 15) is 23.1 Å². The molecular weight excluding hydrogens is 360 g/mol. The predicted octanol–water partition coefficient (Wildman–Crippen LogP) is 1.21. The molecule has 0 aromatic heterocycles. The van der Waals surface area contributed by atoms with Gasteiger partial charge in [0.15, 0.2) is 0 Å². The summed E-state index contributed by atoms with van der Waals surface area (Å²) in [5.41, 5.74) is 0.127. The zero-order valence-corrected chi connectivity index (χ0v) is 15.5. The van der Waals surface area contributed by atoms with Crippen molar-refractivity contribution < 1.29 is 27.9 Å². The van der Waals surface area contributed by atoms with E-state index in [0.717, 1.165) is 25.7 Å². The number of ether oxygens (including phenoxy) is 1. The fraction of sp³-hybridized carbons (Fsp3) is 0.529. The van der Waals surface area contributed by atoms with Crippen LogP contribution < -0.4 is 9.46 Å². The van der Waals surface area contributed by atoms with Crippen molar-refractivity contribution in [2.75, 3.05) is 7.11 Å². The van der Waals surface area contributed by atoms with Crippen molar-refractivity contribution in [2.24, 2.45) is 0 Å². The van der Waals surface area contributed by atoms with Gasteiger partial charge < -0.3 is 14.7 Å². The molecule has 26 heavy (non-hydrogen) atoms. The van der Waals surface area contributed by atoms with E-state index in [4.69, 9.17) is 4.74 Å². The van der Waals surface area contributed by atoms with Crippen LogP contribution in [-0.4, -0.2) is 55.5 Å². The SMILES string of the molecule is COc1ccc(C(=O)N(C2CC2)C(C)C(=O)O)cc1S(=O)(=O)NC1CC1. The predicted molar refractivity (Wildman–Crippen MR) is 92.6 cm³/mol. The van der Waals surface area contributed by atoms with Gasteiger partial charge in [-0.25, -0.2) is 17.9 Å². The molecule has 2 N–H and O–H groups in total. The Labute approximate surface area is 152 Å². The quantitative estimate of drug-likeness (QED) is 0.699. The zero-order chi connectivity index (χ0) is 19.1. The zero-order valence-electron chi connectivity index (χ0n) is 14.6. The second-order valence-corrected chi connectivity index (χ2v) is 8.40. The van der Waals surface area contributed by atoms with Crippen LogP contribution in [0.4, 0.5) is 0 Å². The second-order valence-electron chi connectivity index (χ2n) is 6.72. The van der Waals surface area contributed by atoms with Crippen molar-refractivity contribution in [3.63, 3.8) is 0 Å². The minimum Gasteiger partial charge on any atom is -0.495 e. The summed E-state index contributed by atoms with van der Waals surface area (Å²) in [5.74, 6) is -1.45. The van der Waals surface area contributed by atoms with Gasteiger partial charge >= 0.3 is 5.97 Å². The first kappa shape index (κ1) is 18.7. The molecule has 0 saturated heterocycles. The summed E-state index contributed by atoms with van der Waals surface area (Å²) in [4.78, 5) is 25.4. The minimum absolute atomic E-state index is 0.0842. The first-order valence-corrected chi connectivity index (χ1v) is 9.98. The molecule has 8 nitrogen and oxygen atoms in total. The number of aliphatic carboxylic acids is 1. The molecule has 3 rings (SSSR count). The summed E-state index contributed by atoms with van der Waals surface area (Å²) in [6.07, 6.45) is 3.05. The van der Waals surface area contributed by atoms with Crippen LogP contribution in [0.15, 0.2) is 23.1 Å². The molecule has 1 atom stereocenters. The Hall–Kier alpha value is -2.13. The Balaban J connectivity index is 1.95. The molecule has 2 fully saturated rings. The summed E-state index contributed by atoms with van der Waals surface area (Å²) in [6.45, 7) is 1.45. The number of carbonyl (C=O) groups excluding carboxylic acids is 1. The maximum atomic E-state index is 12.9. The van der Waals surface area contributed by atoms with E-state index < -0.39 is 27.9 Å². The number of hydrogen-bond donors (Lipinski definition) is 2. The lowest BCUT2D eigenvalue weighted by Crippen LogP contribution is -2.44. The van der Waals surface area contributed by atoms with Crippen LogP contribution in [0.1, 0.15) is 43.0 Å². The Morgan fingerprint density at radius 3 is 2.42 bits per heavy atom. The van der Waals surface area contributed by atoms with Crippen molar-refractivity contribution in [3.8, 4) is 5.75 Å².